The van der Waals surface area contributed by atoms with E-state index in [-0.39, 0.29) is 38.1 Å². The summed E-state index contributed by atoms with van der Waals surface area (Å²) in [5.41, 5.74) is 0. The summed E-state index contributed by atoms with van der Waals surface area (Å²) in [5.74, 6) is 1.34. The van der Waals surface area contributed by atoms with Crippen LogP contribution in [0, 0.1) is 17.8 Å². The third-order valence-electron chi connectivity index (χ3n) is 5.91. The van der Waals surface area contributed by atoms with Gasteiger partial charge in [-0.1, -0.05) is 20.8 Å². The first-order chi connectivity index (χ1) is 12.6. The monoisotopic (exact) mass is 392 g/mol. The van der Waals surface area contributed by atoms with Crippen LogP contribution in [0.5, 0.6) is 0 Å². The van der Waals surface area contributed by atoms with Gasteiger partial charge in [0.15, 0.2) is 0 Å². The molecule has 0 amide bonds. The summed E-state index contributed by atoms with van der Waals surface area (Å²) in [5, 5.41) is 0. The van der Waals surface area contributed by atoms with Gasteiger partial charge in [0, 0.05) is 17.8 Å². The maximum Gasteiger partial charge on any atom is 0.475 e. The van der Waals surface area contributed by atoms with Gasteiger partial charge in [-0.25, -0.2) is 4.57 Å². The van der Waals surface area contributed by atoms with Crippen molar-refractivity contribution in [2.45, 2.75) is 58.3 Å². The average molecular weight is 392 g/mol. The molecule has 0 aromatic carbocycles. The maximum absolute atomic E-state index is 13.1. The van der Waals surface area contributed by atoms with Gasteiger partial charge in [-0.15, -0.1) is 0 Å². The van der Waals surface area contributed by atoms with Crippen LogP contribution in [-0.4, -0.2) is 58.0 Å². The standard InChI is InChI=1S/C18H33O7P/c1-4-13-7-20-16(13)10-23-26(19,24-11-17-14(5-2)8-21-17)25-12-18-15(6-3)9-22-18/h13-18H,4-12H2,1-3H3. The van der Waals surface area contributed by atoms with E-state index in [4.69, 9.17) is 27.8 Å². The molecule has 0 aromatic rings. The SMILES string of the molecule is CCC1COC1COP(=O)(OCC1OCC1CC)OCC1OCC1CC. The second kappa shape index (κ2) is 9.46. The molecule has 0 aliphatic carbocycles. The Hall–Kier alpha value is -0.0100. The smallest absolute Gasteiger partial charge is 0.375 e. The molecule has 26 heavy (non-hydrogen) atoms. The molecule has 0 N–H and O–H groups in total. The Morgan fingerprint density at radius 3 is 1.19 bits per heavy atom. The van der Waals surface area contributed by atoms with E-state index in [0.717, 1.165) is 39.1 Å². The molecular formula is C18H33O7P. The highest BCUT2D eigenvalue weighted by Gasteiger charge is 2.40. The van der Waals surface area contributed by atoms with Crippen LogP contribution >= 0.6 is 7.82 Å². The molecule has 6 atom stereocenters. The van der Waals surface area contributed by atoms with Crippen LogP contribution in [0.25, 0.3) is 0 Å². The number of phosphoric ester groups is 1. The van der Waals surface area contributed by atoms with Crippen molar-refractivity contribution in [3.05, 3.63) is 0 Å². The van der Waals surface area contributed by atoms with E-state index >= 15 is 0 Å². The first kappa shape index (κ1) is 20.7. The molecule has 3 rings (SSSR count). The van der Waals surface area contributed by atoms with Crippen LogP contribution < -0.4 is 0 Å². The van der Waals surface area contributed by atoms with Crippen LogP contribution in [0.3, 0.4) is 0 Å². The Kier molecular flexibility index (Phi) is 7.54. The lowest BCUT2D eigenvalue weighted by Gasteiger charge is -2.39. The van der Waals surface area contributed by atoms with Crippen molar-refractivity contribution < 1.29 is 32.3 Å². The molecular weight excluding hydrogens is 359 g/mol. The van der Waals surface area contributed by atoms with E-state index < -0.39 is 7.82 Å². The Labute approximate surface area is 156 Å². The molecule has 3 saturated heterocycles. The zero-order valence-electron chi connectivity index (χ0n) is 16.1. The van der Waals surface area contributed by atoms with Crippen molar-refractivity contribution in [3.63, 3.8) is 0 Å². The topological polar surface area (TPSA) is 72.5 Å². The van der Waals surface area contributed by atoms with Gasteiger partial charge in [0.05, 0.1) is 58.0 Å². The normalized spacial score (nSPS) is 38.7. The van der Waals surface area contributed by atoms with Crippen molar-refractivity contribution in [2.75, 3.05) is 39.6 Å². The van der Waals surface area contributed by atoms with E-state index in [1.54, 1.807) is 0 Å². The fourth-order valence-electron chi connectivity index (χ4n) is 3.41. The van der Waals surface area contributed by atoms with E-state index in [1.807, 2.05) is 0 Å². The van der Waals surface area contributed by atoms with Crippen LogP contribution in [0.15, 0.2) is 0 Å². The zero-order chi connectivity index (χ0) is 18.6. The second-order valence-electron chi connectivity index (χ2n) is 7.45. The van der Waals surface area contributed by atoms with Crippen molar-refractivity contribution >= 4 is 7.82 Å². The Bertz CT molecular complexity index is 416. The fraction of sp³-hybridized carbons (Fsp3) is 1.00. The molecule has 0 aromatic heterocycles. The van der Waals surface area contributed by atoms with Crippen LogP contribution in [0.2, 0.25) is 0 Å². The first-order valence-corrected chi connectivity index (χ1v) is 11.4. The Morgan fingerprint density at radius 2 is 1.00 bits per heavy atom. The molecule has 8 heteroatoms. The van der Waals surface area contributed by atoms with Crippen LogP contribution in [0.4, 0.5) is 0 Å². The van der Waals surface area contributed by atoms with Gasteiger partial charge in [-0.2, -0.15) is 0 Å². The quantitative estimate of drug-likeness (QED) is 0.471. The lowest BCUT2D eigenvalue weighted by molar-refractivity contribution is -0.152. The summed E-state index contributed by atoms with van der Waals surface area (Å²) in [6.07, 6.45) is 2.94. The number of hydrogen-bond acceptors (Lipinski definition) is 7. The molecule has 0 bridgehead atoms. The summed E-state index contributed by atoms with van der Waals surface area (Å²) in [4.78, 5) is 0. The summed E-state index contributed by atoms with van der Waals surface area (Å²) < 4.78 is 46.5. The zero-order valence-corrected chi connectivity index (χ0v) is 17.0. The van der Waals surface area contributed by atoms with Crippen molar-refractivity contribution in [3.8, 4) is 0 Å². The van der Waals surface area contributed by atoms with E-state index in [0.29, 0.717) is 17.8 Å². The third-order valence-corrected chi connectivity index (χ3v) is 7.31. The predicted octanol–water partition coefficient (Wildman–Crippen LogP) is 3.42. The second-order valence-corrected chi connectivity index (χ2v) is 9.12. The van der Waals surface area contributed by atoms with Gasteiger partial charge >= 0.3 is 7.82 Å². The van der Waals surface area contributed by atoms with Crippen LogP contribution in [-0.2, 0) is 32.3 Å². The summed E-state index contributed by atoms with van der Waals surface area (Å²) in [6.45, 7) is 9.22. The van der Waals surface area contributed by atoms with Gasteiger partial charge in [-0.05, 0) is 19.3 Å². The highest BCUT2D eigenvalue weighted by molar-refractivity contribution is 7.48. The maximum atomic E-state index is 13.1. The minimum atomic E-state index is -3.67. The summed E-state index contributed by atoms with van der Waals surface area (Å²) in [6, 6.07) is 0. The van der Waals surface area contributed by atoms with E-state index in [1.165, 1.54) is 0 Å². The molecule has 7 nitrogen and oxygen atoms in total. The van der Waals surface area contributed by atoms with Crippen molar-refractivity contribution in [2.24, 2.45) is 17.8 Å². The number of hydrogen-bond donors (Lipinski definition) is 0. The fourth-order valence-corrected chi connectivity index (χ4v) is 4.62. The van der Waals surface area contributed by atoms with Gasteiger partial charge in [0.25, 0.3) is 0 Å². The molecule has 0 spiro atoms. The summed E-state index contributed by atoms with van der Waals surface area (Å²) >= 11 is 0. The lowest BCUT2D eigenvalue weighted by atomic mass is 9.96. The minimum Gasteiger partial charge on any atom is -0.375 e. The molecule has 3 aliphatic rings. The molecule has 0 saturated carbocycles. The Balaban J connectivity index is 1.50. The van der Waals surface area contributed by atoms with Crippen molar-refractivity contribution in [1.82, 2.24) is 0 Å². The van der Waals surface area contributed by atoms with Gasteiger partial charge in [-0.3, -0.25) is 13.6 Å². The summed E-state index contributed by atoms with van der Waals surface area (Å²) in [7, 11) is -3.67. The molecule has 152 valence electrons. The van der Waals surface area contributed by atoms with Gasteiger partial charge in [0.2, 0.25) is 0 Å². The molecule has 3 fully saturated rings. The lowest BCUT2D eigenvalue weighted by Crippen LogP contribution is -2.44. The number of phosphoric acid groups is 1. The predicted molar refractivity (Wildman–Crippen MR) is 96.0 cm³/mol. The largest absolute Gasteiger partial charge is 0.475 e. The highest BCUT2D eigenvalue weighted by Crippen LogP contribution is 2.51. The van der Waals surface area contributed by atoms with Crippen molar-refractivity contribution in [1.29, 1.82) is 0 Å². The molecule has 3 aliphatic heterocycles. The number of rotatable bonds is 12. The molecule has 3 heterocycles. The minimum absolute atomic E-state index is 0.0350. The van der Waals surface area contributed by atoms with Gasteiger partial charge in [0.1, 0.15) is 0 Å². The van der Waals surface area contributed by atoms with Crippen LogP contribution in [0.1, 0.15) is 40.0 Å². The van der Waals surface area contributed by atoms with E-state index in [2.05, 4.69) is 20.8 Å². The third kappa shape index (κ3) is 4.88. The average Bonchev–Trinajstić information content (AvgIpc) is 2.53. The first-order valence-electron chi connectivity index (χ1n) is 9.97. The van der Waals surface area contributed by atoms with E-state index in [9.17, 15) is 4.57 Å². The highest BCUT2D eigenvalue weighted by atomic mass is 31.2. The molecule has 0 radical (unpaired) electrons. The Morgan fingerprint density at radius 1 is 0.692 bits per heavy atom. The molecule has 6 unspecified atom stereocenters. The number of ether oxygens (including phenoxy) is 3. The van der Waals surface area contributed by atoms with Gasteiger partial charge < -0.3 is 14.2 Å².